The average molecular weight is 395 g/mol. The number of nitrogens with two attached hydrogens (primary N) is 1. The Morgan fingerprint density at radius 2 is 2.19 bits per heavy atom. The van der Waals surface area contributed by atoms with Gasteiger partial charge in [0, 0.05) is 13.1 Å². The molecule has 1 unspecified atom stereocenters. The number of carboxylic acids is 1. The third-order valence-corrected chi connectivity index (χ3v) is 6.79. The van der Waals surface area contributed by atoms with Crippen LogP contribution in [0.4, 0.5) is 4.79 Å². The first-order chi connectivity index (χ1) is 12.7. The lowest BCUT2D eigenvalue weighted by Crippen LogP contribution is -2.42. The maximum absolute atomic E-state index is 12.7. The maximum atomic E-state index is 12.7. The van der Waals surface area contributed by atoms with E-state index in [1.165, 1.54) is 12.1 Å². The van der Waals surface area contributed by atoms with Crippen LogP contribution >= 0.6 is 0 Å². The molecule has 4 N–H and O–H groups in total. The number of rotatable bonds is 5. The Hall–Kier alpha value is -2.13. The highest BCUT2D eigenvalue weighted by atomic mass is 32.2. The van der Waals surface area contributed by atoms with Gasteiger partial charge in [0.1, 0.15) is 0 Å². The van der Waals surface area contributed by atoms with Gasteiger partial charge in [-0.2, -0.15) is 0 Å². The summed E-state index contributed by atoms with van der Waals surface area (Å²) in [5, 5.41) is 17.8. The van der Waals surface area contributed by atoms with Gasteiger partial charge in [-0.1, -0.05) is 25.5 Å². The monoisotopic (exact) mass is 395 g/mol. The third kappa shape index (κ3) is 3.66. The van der Waals surface area contributed by atoms with E-state index in [1.54, 1.807) is 17.0 Å². The van der Waals surface area contributed by atoms with Gasteiger partial charge < -0.3 is 15.3 Å². The average Bonchev–Trinajstić information content (AvgIpc) is 3.17. The molecule has 0 bridgehead atoms. The quantitative estimate of drug-likeness (QED) is 0.698. The predicted molar refractivity (Wildman–Crippen MR) is 98.4 cm³/mol. The molecule has 3 rings (SSSR count). The van der Waals surface area contributed by atoms with E-state index in [4.69, 9.17) is 5.14 Å². The van der Waals surface area contributed by atoms with Crippen LogP contribution in [0, 0.1) is 11.3 Å². The summed E-state index contributed by atoms with van der Waals surface area (Å²) in [7, 11) is -3.83. The number of aliphatic carboxylic acids is 1. The largest absolute Gasteiger partial charge is 0.481 e. The number of fused-ring (bicyclic) bond motifs is 1. The lowest BCUT2D eigenvalue weighted by molar-refractivity contribution is -0.149. The molecule has 2 aliphatic rings. The van der Waals surface area contributed by atoms with E-state index in [0.29, 0.717) is 24.9 Å². The highest BCUT2D eigenvalue weighted by Gasteiger charge is 2.55. The van der Waals surface area contributed by atoms with Crippen molar-refractivity contribution in [2.24, 2.45) is 16.5 Å². The summed E-state index contributed by atoms with van der Waals surface area (Å²) in [6.45, 7) is 2.53. The van der Waals surface area contributed by atoms with Crippen molar-refractivity contribution < 1.29 is 23.1 Å². The van der Waals surface area contributed by atoms with Gasteiger partial charge in [-0.15, -0.1) is 0 Å². The lowest BCUT2D eigenvalue weighted by atomic mass is 9.81. The second-order valence-electron chi connectivity index (χ2n) is 7.46. The molecule has 1 aromatic rings. The molecule has 2 amide bonds. The van der Waals surface area contributed by atoms with E-state index >= 15 is 0 Å². The first kappa shape index (κ1) is 19.6. The van der Waals surface area contributed by atoms with Gasteiger partial charge in [-0.05, 0) is 42.9 Å². The van der Waals surface area contributed by atoms with Gasteiger partial charge >= 0.3 is 12.0 Å². The maximum Gasteiger partial charge on any atom is 0.317 e. The van der Waals surface area contributed by atoms with Crippen LogP contribution in [0.3, 0.4) is 0 Å². The SMILES string of the molecule is CCC(NC(=O)N1C[C@@H]2CCC[C@@]2(C(=O)O)C1)c1cccc(S(N)(=O)=O)c1. The van der Waals surface area contributed by atoms with Gasteiger partial charge in [0.25, 0.3) is 0 Å². The Balaban J connectivity index is 1.74. The zero-order chi connectivity index (χ0) is 19.8. The molecule has 2 fully saturated rings. The molecule has 1 aromatic carbocycles. The van der Waals surface area contributed by atoms with Gasteiger partial charge in [0.05, 0.1) is 16.4 Å². The Bertz CT molecular complexity index is 856. The van der Waals surface area contributed by atoms with Crippen LogP contribution in [-0.4, -0.2) is 43.5 Å². The standard InChI is InChI=1S/C18H25N3O5S/c1-2-15(12-5-3-7-14(9-12)27(19,25)26)20-17(24)21-10-13-6-4-8-18(13,11-21)16(22)23/h3,5,7,9,13,15H,2,4,6,8,10-11H2,1H3,(H,20,24)(H,22,23)(H2,19,25,26)/t13-,15?,18+/m0/s1. The Morgan fingerprint density at radius 1 is 1.44 bits per heavy atom. The Labute approximate surface area is 158 Å². The van der Waals surface area contributed by atoms with Gasteiger partial charge in [0.2, 0.25) is 10.0 Å². The molecule has 1 aliphatic heterocycles. The van der Waals surface area contributed by atoms with E-state index in [9.17, 15) is 23.1 Å². The summed E-state index contributed by atoms with van der Waals surface area (Å²) >= 11 is 0. The Kier molecular flexibility index (Phi) is 5.18. The molecule has 8 nitrogen and oxygen atoms in total. The molecule has 1 saturated carbocycles. The van der Waals surface area contributed by atoms with Crippen molar-refractivity contribution in [2.75, 3.05) is 13.1 Å². The molecule has 0 aromatic heterocycles. The number of benzene rings is 1. The summed E-state index contributed by atoms with van der Waals surface area (Å²) in [5.41, 5.74) is -0.184. The van der Waals surface area contributed by atoms with Crippen molar-refractivity contribution in [2.45, 2.75) is 43.5 Å². The van der Waals surface area contributed by atoms with E-state index < -0.39 is 21.4 Å². The number of carbonyl (C=O) groups excluding carboxylic acids is 1. The summed E-state index contributed by atoms with van der Waals surface area (Å²) in [6.07, 6.45) is 2.86. The predicted octanol–water partition coefficient (Wildman–Crippen LogP) is 1.68. The summed E-state index contributed by atoms with van der Waals surface area (Å²) < 4.78 is 23.1. The number of hydrogen-bond donors (Lipinski definition) is 3. The molecule has 9 heteroatoms. The fourth-order valence-electron chi connectivity index (χ4n) is 4.36. The van der Waals surface area contributed by atoms with Crippen LogP contribution < -0.4 is 10.5 Å². The third-order valence-electron chi connectivity index (χ3n) is 5.88. The fraction of sp³-hybridized carbons (Fsp3) is 0.556. The van der Waals surface area contributed by atoms with Crippen molar-refractivity contribution in [3.05, 3.63) is 29.8 Å². The first-order valence-electron chi connectivity index (χ1n) is 9.09. The normalized spacial score (nSPS) is 25.9. The molecule has 0 radical (unpaired) electrons. The number of primary sulfonamides is 1. The zero-order valence-corrected chi connectivity index (χ0v) is 16.0. The summed E-state index contributed by atoms with van der Waals surface area (Å²) in [5.74, 6) is -0.834. The number of nitrogens with zero attached hydrogens (tertiary/aromatic N) is 1. The smallest absolute Gasteiger partial charge is 0.317 e. The highest BCUT2D eigenvalue weighted by Crippen LogP contribution is 2.48. The fourth-order valence-corrected chi connectivity index (χ4v) is 4.93. The number of amides is 2. The van der Waals surface area contributed by atoms with Crippen molar-refractivity contribution in [1.82, 2.24) is 10.2 Å². The van der Waals surface area contributed by atoms with Crippen LogP contribution in [0.15, 0.2) is 29.2 Å². The van der Waals surface area contributed by atoms with Crippen molar-refractivity contribution >= 4 is 22.0 Å². The number of nitrogens with one attached hydrogen (secondary N) is 1. The minimum absolute atomic E-state index is 0.00627. The van der Waals surface area contributed by atoms with Crippen LogP contribution in [0.5, 0.6) is 0 Å². The number of carbonyl (C=O) groups is 2. The number of likely N-dealkylation sites (tertiary alicyclic amines) is 1. The minimum Gasteiger partial charge on any atom is -0.481 e. The molecule has 0 spiro atoms. The number of carboxylic acid groups (broad SMARTS) is 1. The van der Waals surface area contributed by atoms with Crippen LogP contribution in [0.1, 0.15) is 44.2 Å². The second kappa shape index (κ2) is 7.12. The first-order valence-corrected chi connectivity index (χ1v) is 10.6. The number of sulfonamides is 1. The molecule has 148 valence electrons. The van der Waals surface area contributed by atoms with E-state index in [1.807, 2.05) is 6.92 Å². The van der Waals surface area contributed by atoms with Crippen LogP contribution in [0.2, 0.25) is 0 Å². The van der Waals surface area contributed by atoms with Crippen molar-refractivity contribution in [3.8, 4) is 0 Å². The van der Waals surface area contributed by atoms with E-state index in [0.717, 1.165) is 12.8 Å². The Morgan fingerprint density at radius 3 is 2.78 bits per heavy atom. The van der Waals surface area contributed by atoms with Crippen molar-refractivity contribution in [1.29, 1.82) is 0 Å². The zero-order valence-electron chi connectivity index (χ0n) is 15.2. The topological polar surface area (TPSA) is 130 Å². The van der Waals surface area contributed by atoms with Crippen molar-refractivity contribution in [3.63, 3.8) is 0 Å². The molecule has 1 aliphatic carbocycles. The number of urea groups is 1. The molecule has 27 heavy (non-hydrogen) atoms. The molecule has 3 atom stereocenters. The molecular weight excluding hydrogens is 370 g/mol. The van der Waals surface area contributed by atoms with E-state index in [2.05, 4.69) is 5.32 Å². The highest BCUT2D eigenvalue weighted by molar-refractivity contribution is 7.89. The second-order valence-corrected chi connectivity index (χ2v) is 9.02. The van der Waals surface area contributed by atoms with E-state index in [-0.39, 0.29) is 29.4 Å². The molecular formula is C18H25N3O5S. The minimum atomic E-state index is -3.83. The lowest BCUT2D eigenvalue weighted by Gasteiger charge is -2.25. The van der Waals surface area contributed by atoms with Crippen LogP contribution in [-0.2, 0) is 14.8 Å². The number of hydrogen-bond acceptors (Lipinski definition) is 4. The van der Waals surface area contributed by atoms with Crippen LogP contribution in [0.25, 0.3) is 0 Å². The van der Waals surface area contributed by atoms with Gasteiger partial charge in [-0.25, -0.2) is 18.4 Å². The summed E-state index contributed by atoms with van der Waals surface area (Å²) in [4.78, 5) is 26.1. The molecule has 1 heterocycles. The molecule has 1 saturated heterocycles. The van der Waals surface area contributed by atoms with Gasteiger partial charge in [-0.3, -0.25) is 4.79 Å². The van der Waals surface area contributed by atoms with Gasteiger partial charge in [0.15, 0.2) is 0 Å². The summed E-state index contributed by atoms with van der Waals surface area (Å²) in [6, 6.07) is 5.48.